The van der Waals surface area contributed by atoms with Crippen molar-refractivity contribution in [3.8, 4) is 11.1 Å². The molecular weight excluding hydrogens is 512 g/mol. The predicted octanol–water partition coefficient (Wildman–Crippen LogP) is 4.19. The number of aromatic carboxylic acids is 1. The number of rotatable bonds is 4. The summed E-state index contributed by atoms with van der Waals surface area (Å²) in [5.74, 6) is -1.53. The third-order valence-corrected chi connectivity index (χ3v) is 6.23. The lowest BCUT2D eigenvalue weighted by Crippen LogP contribution is -2.43. The van der Waals surface area contributed by atoms with E-state index in [1.54, 1.807) is 53.7 Å². The topological polar surface area (TPSA) is 171 Å². The van der Waals surface area contributed by atoms with Gasteiger partial charge in [-0.1, -0.05) is 23.5 Å². The third-order valence-electron chi connectivity index (χ3n) is 4.37. The van der Waals surface area contributed by atoms with E-state index in [0.29, 0.717) is 13.6 Å². The maximum Gasteiger partial charge on any atom is 0.426 e. The fourth-order valence-corrected chi connectivity index (χ4v) is 4.78. The van der Waals surface area contributed by atoms with E-state index in [2.05, 4.69) is 4.98 Å². The van der Waals surface area contributed by atoms with Crippen molar-refractivity contribution < 1.29 is 37.4 Å². The van der Waals surface area contributed by atoms with Crippen molar-refractivity contribution in [3.05, 3.63) is 36.2 Å². The van der Waals surface area contributed by atoms with Crippen molar-refractivity contribution in [1.29, 1.82) is 0 Å². The molecule has 36 heavy (non-hydrogen) atoms. The molecule has 0 aliphatic carbocycles. The first-order valence-electron chi connectivity index (χ1n) is 10.5. The van der Waals surface area contributed by atoms with E-state index in [1.165, 1.54) is 12.1 Å². The summed E-state index contributed by atoms with van der Waals surface area (Å²) < 4.78 is 35.5. The number of anilines is 1. The number of benzene rings is 1. The first-order valence-corrected chi connectivity index (χ1v) is 12.8. The van der Waals surface area contributed by atoms with Gasteiger partial charge in [0, 0.05) is 17.3 Å². The Labute approximate surface area is 211 Å². The van der Waals surface area contributed by atoms with E-state index in [0.717, 1.165) is 17.5 Å². The Kier molecular flexibility index (Phi) is 6.92. The van der Waals surface area contributed by atoms with E-state index in [-0.39, 0.29) is 21.8 Å². The number of para-hydroxylation sites is 1. The number of nitrogens with two attached hydrogens (primary N) is 1. The Morgan fingerprint density at radius 3 is 2.03 bits per heavy atom. The van der Waals surface area contributed by atoms with Crippen LogP contribution in [-0.4, -0.2) is 51.8 Å². The second-order valence-corrected chi connectivity index (χ2v) is 12.1. The predicted molar refractivity (Wildman–Crippen MR) is 133 cm³/mol. The summed E-state index contributed by atoms with van der Waals surface area (Å²) in [5, 5.41) is 14.8. The standard InChI is InChI=1S/C22H26N4O8S2/c1-21(2,3)33-19(29)26(20(30)34-22(4,5)6)18-24-15-12(8-7-9-14(15)35-18)13-10-11-25(36(23,31)32)16(13)17(27)28/h7-11H,1-6H3,(H,27,28)(H2,23,31,32). The first kappa shape index (κ1) is 27.1. The highest BCUT2D eigenvalue weighted by Gasteiger charge is 2.35. The molecule has 2 heterocycles. The van der Waals surface area contributed by atoms with E-state index in [9.17, 15) is 27.9 Å². The van der Waals surface area contributed by atoms with Gasteiger partial charge in [-0.3, -0.25) is 0 Å². The number of hydrogen-bond acceptors (Lipinski definition) is 9. The van der Waals surface area contributed by atoms with Crippen LogP contribution < -0.4 is 10.0 Å². The van der Waals surface area contributed by atoms with Gasteiger partial charge >= 0.3 is 28.4 Å². The van der Waals surface area contributed by atoms with Gasteiger partial charge in [-0.15, -0.1) is 0 Å². The average molecular weight is 539 g/mol. The van der Waals surface area contributed by atoms with E-state index in [4.69, 9.17) is 14.6 Å². The monoisotopic (exact) mass is 538 g/mol. The molecule has 3 N–H and O–H groups in total. The number of carboxylic acid groups (broad SMARTS) is 1. The number of aromatic nitrogens is 2. The zero-order valence-corrected chi connectivity index (χ0v) is 22.1. The molecule has 1 aromatic carbocycles. The number of nitrogens with zero attached hydrogens (tertiary/aromatic N) is 3. The summed E-state index contributed by atoms with van der Waals surface area (Å²) in [5.41, 5.74) is -1.93. The van der Waals surface area contributed by atoms with Crippen LogP contribution in [0.25, 0.3) is 21.3 Å². The molecule has 2 aromatic heterocycles. The van der Waals surface area contributed by atoms with E-state index in [1.807, 2.05) is 0 Å². The Bertz CT molecular complexity index is 1430. The minimum atomic E-state index is -4.40. The Morgan fingerprint density at radius 2 is 1.56 bits per heavy atom. The van der Waals surface area contributed by atoms with Gasteiger partial charge in [-0.05, 0) is 53.7 Å². The van der Waals surface area contributed by atoms with Crippen molar-refractivity contribution in [3.63, 3.8) is 0 Å². The molecule has 0 spiro atoms. The molecule has 3 aromatic rings. The SMILES string of the molecule is CC(C)(C)OC(=O)N(C(=O)OC(C)(C)C)c1nc2c(-c3ccn(S(N)(=O)=O)c3C(=O)O)cccc2s1. The first-order chi connectivity index (χ1) is 16.4. The second kappa shape index (κ2) is 9.19. The van der Waals surface area contributed by atoms with Gasteiger partial charge in [0.05, 0.1) is 10.2 Å². The zero-order chi connectivity index (χ0) is 27.2. The molecule has 0 bridgehead atoms. The third kappa shape index (κ3) is 5.83. The van der Waals surface area contributed by atoms with Gasteiger partial charge in [0.1, 0.15) is 11.2 Å². The van der Waals surface area contributed by atoms with Gasteiger partial charge in [0.15, 0.2) is 5.69 Å². The minimum Gasteiger partial charge on any atom is -0.477 e. The summed E-state index contributed by atoms with van der Waals surface area (Å²) in [6.45, 7) is 9.82. The number of hydrogen-bond donors (Lipinski definition) is 2. The molecular formula is C22H26N4O8S2. The summed E-state index contributed by atoms with van der Waals surface area (Å²) in [4.78, 5) is 43.0. The normalized spacial score (nSPS) is 12.4. The summed E-state index contributed by atoms with van der Waals surface area (Å²) >= 11 is 0.965. The summed E-state index contributed by atoms with van der Waals surface area (Å²) in [6.07, 6.45) is -0.999. The zero-order valence-electron chi connectivity index (χ0n) is 20.4. The van der Waals surface area contributed by atoms with Gasteiger partial charge in [0.2, 0.25) is 5.13 Å². The molecule has 14 heteroatoms. The fourth-order valence-electron chi connectivity index (χ4n) is 3.15. The number of carboxylic acids is 1. The maximum absolute atomic E-state index is 13.0. The lowest BCUT2D eigenvalue weighted by Gasteiger charge is -2.27. The van der Waals surface area contributed by atoms with Crippen molar-refractivity contribution >= 4 is 55.1 Å². The molecule has 2 amide bonds. The van der Waals surface area contributed by atoms with Crippen molar-refractivity contribution in [1.82, 2.24) is 8.96 Å². The van der Waals surface area contributed by atoms with Crippen LogP contribution in [0.2, 0.25) is 0 Å². The van der Waals surface area contributed by atoms with Crippen LogP contribution in [0.4, 0.5) is 14.7 Å². The van der Waals surface area contributed by atoms with Gasteiger partial charge in [-0.25, -0.2) is 28.5 Å². The molecule has 0 aliphatic heterocycles. The number of amides is 2. The molecule has 0 atom stereocenters. The second-order valence-electron chi connectivity index (χ2n) is 9.67. The smallest absolute Gasteiger partial charge is 0.426 e. The molecule has 0 radical (unpaired) electrons. The van der Waals surface area contributed by atoms with Gasteiger partial charge < -0.3 is 14.6 Å². The Balaban J connectivity index is 2.21. The minimum absolute atomic E-state index is 0.0278. The highest BCUT2D eigenvalue weighted by atomic mass is 32.2. The Morgan fingerprint density at radius 1 is 1.00 bits per heavy atom. The molecule has 12 nitrogen and oxygen atoms in total. The number of ether oxygens (including phenoxy) is 2. The largest absolute Gasteiger partial charge is 0.477 e. The fraction of sp³-hybridized carbons (Fsp3) is 0.364. The number of fused-ring (bicyclic) bond motifs is 1. The summed E-state index contributed by atoms with van der Waals surface area (Å²) in [6, 6.07) is 6.07. The number of carbonyl (C=O) groups excluding carboxylic acids is 2. The molecule has 0 saturated carbocycles. The lowest BCUT2D eigenvalue weighted by molar-refractivity contribution is 0.0430. The molecule has 3 rings (SSSR count). The van der Waals surface area contributed by atoms with Crippen molar-refractivity contribution in [2.45, 2.75) is 52.7 Å². The van der Waals surface area contributed by atoms with Crippen LogP contribution in [-0.2, 0) is 19.7 Å². The summed E-state index contributed by atoms with van der Waals surface area (Å²) in [7, 11) is -4.40. The van der Waals surface area contributed by atoms with Crippen LogP contribution >= 0.6 is 11.3 Å². The quantitative estimate of drug-likeness (QED) is 0.494. The molecule has 0 fully saturated rings. The number of thiazole rings is 1. The number of imide groups is 1. The molecule has 0 aliphatic rings. The van der Waals surface area contributed by atoms with Crippen LogP contribution in [0.1, 0.15) is 52.0 Å². The maximum atomic E-state index is 13.0. The van der Waals surface area contributed by atoms with E-state index < -0.39 is 45.3 Å². The molecule has 194 valence electrons. The molecule has 0 saturated heterocycles. The van der Waals surface area contributed by atoms with Gasteiger partial charge in [-0.2, -0.15) is 13.3 Å². The van der Waals surface area contributed by atoms with E-state index >= 15 is 0 Å². The average Bonchev–Trinajstić information content (AvgIpc) is 3.28. The van der Waals surface area contributed by atoms with Crippen LogP contribution in [0.15, 0.2) is 30.5 Å². The lowest BCUT2D eigenvalue weighted by atomic mass is 10.0. The highest BCUT2D eigenvalue weighted by Crippen LogP contribution is 2.38. The van der Waals surface area contributed by atoms with Crippen LogP contribution in [0, 0.1) is 0 Å². The van der Waals surface area contributed by atoms with Crippen LogP contribution in [0.3, 0.4) is 0 Å². The highest BCUT2D eigenvalue weighted by molar-refractivity contribution is 7.87. The van der Waals surface area contributed by atoms with Crippen molar-refractivity contribution in [2.24, 2.45) is 5.14 Å². The van der Waals surface area contributed by atoms with Crippen molar-refractivity contribution in [2.75, 3.05) is 4.90 Å². The number of carbonyl (C=O) groups is 3. The van der Waals surface area contributed by atoms with Gasteiger partial charge in [0.25, 0.3) is 0 Å². The Hall–Kier alpha value is -3.49. The van der Waals surface area contributed by atoms with Crippen LogP contribution in [0.5, 0.6) is 0 Å². The molecule has 0 unspecified atom stereocenters.